The molecule has 0 saturated carbocycles. The molecule has 0 aliphatic rings. The molecule has 6 heteroatoms. The summed E-state index contributed by atoms with van der Waals surface area (Å²) in [5.74, 6) is -0.136. The Bertz CT molecular complexity index is 671. The normalized spacial score (nSPS) is 10.4. The van der Waals surface area contributed by atoms with Crippen LogP contribution in [0.3, 0.4) is 0 Å². The summed E-state index contributed by atoms with van der Waals surface area (Å²) in [4.78, 5) is 16.6. The summed E-state index contributed by atoms with van der Waals surface area (Å²) in [6.45, 7) is 6.59. The molecule has 2 aromatic rings. The molecule has 0 aliphatic carbocycles. The van der Waals surface area contributed by atoms with Crippen molar-refractivity contribution in [1.82, 2.24) is 10.3 Å². The van der Waals surface area contributed by atoms with Crippen LogP contribution in [0, 0.1) is 6.92 Å². The second-order valence-corrected chi connectivity index (χ2v) is 6.08. The zero-order valence-corrected chi connectivity index (χ0v) is 16.5. The first-order valence-corrected chi connectivity index (χ1v) is 8.06. The van der Waals surface area contributed by atoms with Gasteiger partial charge in [0.15, 0.2) is 0 Å². The number of nitrogens with two attached hydrogens (primary N) is 1. The number of halogens is 2. The first-order chi connectivity index (χ1) is 11.0. The van der Waals surface area contributed by atoms with Gasteiger partial charge in [0.2, 0.25) is 0 Å². The van der Waals surface area contributed by atoms with Gasteiger partial charge < -0.3 is 11.1 Å². The van der Waals surface area contributed by atoms with Crippen molar-refractivity contribution >= 4 is 30.7 Å². The smallest absolute Gasteiger partial charge is 0.252 e. The Balaban J connectivity index is 0.00000288. The highest BCUT2D eigenvalue weighted by atomic mass is 35.5. The number of hydrogen-bond donors (Lipinski definition) is 2. The number of nitrogens with zero attached hydrogens (tertiary/aromatic N) is 1. The van der Waals surface area contributed by atoms with Gasteiger partial charge in [-0.15, -0.1) is 24.8 Å². The Morgan fingerprint density at radius 2 is 1.68 bits per heavy atom. The van der Waals surface area contributed by atoms with Crippen molar-refractivity contribution in [2.45, 2.75) is 39.2 Å². The lowest BCUT2D eigenvalue weighted by molar-refractivity contribution is 0.0942. The summed E-state index contributed by atoms with van der Waals surface area (Å²) >= 11 is 0. The van der Waals surface area contributed by atoms with Crippen molar-refractivity contribution in [3.8, 4) is 11.1 Å². The van der Waals surface area contributed by atoms with Crippen LogP contribution < -0.4 is 11.1 Å². The lowest BCUT2D eigenvalue weighted by atomic mass is 9.94. The van der Waals surface area contributed by atoms with Gasteiger partial charge in [-0.1, -0.05) is 43.7 Å². The van der Waals surface area contributed by atoms with Crippen molar-refractivity contribution in [2.24, 2.45) is 5.73 Å². The quantitative estimate of drug-likeness (QED) is 0.786. The number of benzene rings is 1. The third-order valence-electron chi connectivity index (χ3n) is 4.39. The number of carbonyl (C=O) groups excluding carboxylic acids is 1. The van der Waals surface area contributed by atoms with E-state index in [9.17, 15) is 4.79 Å². The molecule has 0 aliphatic heterocycles. The van der Waals surface area contributed by atoms with Gasteiger partial charge in [-0.05, 0) is 31.4 Å². The molecule has 0 unspecified atom stereocenters. The van der Waals surface area contributed by atoms with Crippen LogP contribution in [0.4, 0.5) is 0 Å². The van der Waals surface area contributed by atoms with Crippen LogP contribution in [0.15, 0.2) is 42.7 Å². The number of aromatic nitrogens is 1. The molecule has 1 amide bonds. The SMILES string of the molecule is CCC(N)(CC)CNC(=O)c1cncc(-c2ccc(C)cc2)c1.Cl.Cl. The molecule has 0 atom stereocenters. The van der Waals surface area contributed by atoms with E-state index in [1.54, 1.807) is 12.4 Å². The number of hydrogen-bond acceptors (Lipinski definition) is 3. The molecule has 138 valence electrons. The number of aryl methyl sites for hydroxylation is 1. The maximum atomic E-state index is 12.4. The minimum atomic E-state index is -0.350. The van der Waals surface area contributed by atoms with Crippen LogP contribution in [0.1, 0.15) is 42.6 Å². The summed E-state index contributed by atoms with van der Waals surface area (Å²) in [6.07, 6.45) is 5.01. The summed E-state index contributed by atoms with van der Waals surface area (Å²) < 4.78 is 0. The predicted molar refractivity (Wildman–Crippen MR) is 109 cm³/mol. The van der Waals surface area contributed by atoms with Crippen molar-refractivity contribution < 1.29 is 4.79 Å². The summed E-state index contributed by atoms with van der Waals surface area (Å²) in [6, 6.07) is 10.0. The van der Waals surface area contributed by atoms with Crippen LogP contribution in [-0.2, 0) is 0 Å². The molecule has 25 heavy (non-hydrogen) atoms. The van der Waals surface area contributed by atoms with Crippen LogP contribution in [0.5, 0.6) is 0 Å². The second-order valence-electron chi connectivity index (χ2n) is 6.08. The third-order valence-corrected chi connectivity index (χ3v) is 4.39. The number of pyridine rings is 1. The highest BCUT2D eigenvalue weighted by Gasteiger charge is 2.21. The largest absolute Gasteiger partial charge is 0.350 e. The minimum Gasteiger partial charge on any atom is -0.350 e. The molecule has 0 saturated heterocycles. The molecule has 0 bridgehead atoms. The predicted octanol–water partition coefficient (Wildman–Crippen LogP) is 4.15. The molecule has 0 spiro atoms. The number of nitrogens with one attached hydrogen (secondary N) is 1. The zero-order chi connectivity index (χ0) is 16.9. The zero-order valence-electron chi connectivity index (χ0n) is 14.9. The highest BCUT2D eigenvalue weighted by molar-refractivity contribution is 5.95. The number of carbonyl (C=O) groups is 1. The van der Waals surface area contributed by atoms with Crippen LogP contribution in [0.25, 0.3) is 11.1 Å². The number of rotatable bonds is 6. The van der Waals surface area contributed by atoms with E-state index in [1.165, 1.54) is 5.56 Å². The summed E-state index contributed by atoms with van der Waals surface area (Å²) in [5.41, 5.74) is 9.62. The maximum absolute atomic E-state index is 12.4. The maximum Gasteiger partial charge on any atom is 0.252 e. The van der Waals surface area contributed by atoms with Gasteiger partial charge in [-0.2, -0.15) is 0 Å². The van der Waals surface area contributed by atoms with Gasteiger partial charge in [0.25, 0.3) is 5.91 Å². The van der Waals surface area contributed by atoms with Crippen LogP contribution in [0.2, 0.25) is 0 Å². The second kappa shape index (κ2) is 10.4. The van der Waals surface area contributed by atoms with Gasteiger partial charge in [0, 0.05) is 30.0 Å². The van der Waals surface area contributed by atoms with E-state index in [4.69, 9.17) is 5.73 Å². The van der Waals surface area contributed by atoms with Crippen LogP contribution in [-0.4, -0.2) is 23.0 Å². The molecule has 3 N–H and O–H groups in total. The molecular weight excluding hydrogens is 357 g/mol. The van der Waals surface area contributed by atoms with E-state index in [2.05, 4.69) is 10.3 Å². The molecule has 4 nitrogen and oxygen atoms in total. The standard InChI is InChI=1S/C19H25N3O.2ClH/c1-4-19(20,5-2)13-22-18(23)17-10-16(11-21-12-17)15-8-6-14(3)7-9-15;;/h6-12H,4-5,13,20H2,1-3H3,(H,22,23);2*1H. The van der Waals surface area contributed by atoms with Gasteiger partial charge in [-0.3, -0.25) is 9.78 Å². The first-order valence-electron chi connectivity index (χ1n) is 8.06. The Morgan fingerprint density at radius 3 is 2.24 bits per heavy atom. The molecule has 0 radical (unpaired) electrons. The Kier molecular flexibility index (Phi) is 9.72. The van der Waals surface area contributed by atoms with E-state index in [-0.39, 0.29) is 36.3 Å². The monoisotopic (exact) mass is 383 g/mol. The molecule has 1 heterocycles. The van der Waals surface area contributed by atoms with E-state index in [0.717, 1.165) is 24.0 Å². The Labute approximate surface area is 162 Å². The topological polar surface area (TPSA) is 68.0 Å². The fraction of sp³-hybridized carbons (Fsp3) is 0.368. The van der Waals surface area contributed by atoms with E-state index >= 15 is 0 Å². The molecule has 1 aromatic heterocycles. The fourth-order valence-electron chi connectivity index (χ4n) is 2.33. The molecular formula is C19H27Cl2N3O. The van der Waals surface area contributed by atoms with E-state index < -0.39 is 0 Å². The summed E-state index contributed by atoms with van der Waals surface area (Å²) in [7, 11) is 0. The van der Waals surface area contributed by atoms with E-state index in [1.807, 2.05) is 51.1 Å². The molecule has 2 rings (SSSR count). The van der Waals surface area contributed by atoms with Gasteiger partial charge in [-0.25, -0.2) is 0 Å². The summed E-state index contributed by atoms with van der Waals surface area (Å²) in [5, 5.41) is 2.93. The minimum absolute atomic E-state index is 0. The fourth-order valence-corrected chi connectivity index (χ4v) is 2.33. The molecule has 0 fully saturated rings. The average molecular weight is 384 g/mol. The lowest BCUT2D eigenvalue weighted by Gasteiger charge is -2.26. The lowest BCUT2D eigenvalue weighted by Crippen LogP contribution is -2.49. The van der Waals surface area contributed by atoms with Gasteiger partial charge in [0.1, 0.15) is 0 Å². The Hall–Kier alpha value is -1.62. The third kappa shape index (κ3) is 6.31. The molecule has 1 aromatic carbocycles. The van der Waals surface area contributed by atoms with Crippen molar-refractivity contribution in [2.75, 3.05) is 6.54 Å². The van der Waals surface area contributed by atoms with Gasteiger partial charge in [0.05, 0.1) is 5.56 Å². The van der Waals surface area contributed by atoms with Crippen molar-refractivity contribution in [3.05, 3.63) is 53.9 Å². The Morgan fingerprint density at radius 1 is 1.08 bits per heavy atom. The van der Waals surface area contributed by atoms with E-state index in [0.29, 0.717) is 12.1 Å². The number of amides is 1. The first kappa shape index (κ1) is 23.4. The highest BCUT2D eigenvalue weighted by Crippen LogP contribution is 2.20. The van der Waals surface area contributed by atoms with Crippen LogP contribution >= 0.6 is 24.8 Å². The average Bonchev–Trinajstić information content (AvgIpc) is 2.60. The van der Waals surface area contributed by atoms with Crippen molar-refractivity contribution in [3.63, 3.8) is 0 Å². The van der Waals surface area contributed by atoms with Crippen molar-refractivity contribution in [1.29, 1.82) is 0 Å². The van der Waals surface area contributed by atoms with Gasteiger partial charge >= 0.3 is 0 Å².